The van der Waals surface area contributed by atoms with Crippen molar-refractivity contribution in [1.29, 1.82) is 0 Å². The molecule has 0 saturated carbocycles. The van der Waals surface area contributed by atoms with Crippen LogP contribution < -0.4 is 0 Å². The first-order valence-corrected chi connectivity index (χ1v) is 7.83. The van der Waals surface area contributed by atoms with Crippen molar-refractivity contribution in [2.24, 2.45) is 7.05 Å². The Balaban J connectivity index is 2.45. The van der Waals surface area contributed by atoms with Gasteiger partial charge in [-0.05, 0) is 12.8 Å². The lowest BCUT2D eigenvalue weighted by Crippen LogP contribution is -2.06. The van der Waals surface area contributed by atoms with Crippen LogP contribution in [-0.2, 0) is 24.8 Å². The second-order valence-corrected chi connectivity index (χ2v) is 5.62. The van der Waals surface area contributed by atoms with E-state index in [1.165, 1.54) is 11.8 Å². The summed E-state index contributed by atoms with van der Waals surface area (Å²) in [5.74, 6) is -0.789. The number of carbonyl (C=O) groups is 1. The summed E-state index contributed by atoms with van der Waals surface area (Å²) in [6, 6.07) is 0. The number of rotatable bonds is 7. The maximum Gasteiger partial charge on any atom is 0.313 e. The number of aliphatic carboxylic acids is 1. The predicted molar refractivity (Wildman–Crippen MR) is 79.1 cm³/mol. The van der Waals surface area contributed by atoms with Crippen LogP contribution in [0.3, 0.4) is 0 Å². The lowest BCUT2D eigenvalue weighted by Gasteiger charge is -2.07. The van der Waals surface area contributed by atoms with Gasteiger partial charge in [-0.1, -0.05) is 32.0 Å². The highest BCUT2D eigenvalue weighted by molar-refractivity contribution is 7.99. The molecule has 0 saturated heterocycles. The molecule has 110 valence electrons. The zero-order valence-corrected chi connectivity index (χ0v) is 12.9. The van der Waals surface area contributed by atoms with Crippen LogP contribution in [0, 0.1) is 0 Å². The fraction of sp³-hybridized carbons (Fsp3) is 0.615. The number of imidazole rings is 1. The Morgan fingerprint density at radius 1 is 1.40 bits per heavy atom. The molecule has 6 nitrogen and oxygen atoms in total. The van der Waals surface area contributed by atoms with Crippen LogP contribution in [0.2, 0.25) is 0 Å². The smallest absolute Gasteiger partial charge is 0.313 e. The van der Waals surface area contributed by atoms with Gasteiger partial charge in [0.1, 0.15) is 5.52 Å². The molecule has 0 aromatic carbocycles. The van der Waals surface area contributed by atoms with E-state index in [1.54, 1.807) is 0 Å². The molecule has 0 aliphatic rings. The van der Waals surface area contributed by atoms with Crippen molar-refractivity contribution < 1.29 is 9.90 Å². The van der Waals surface area contributed by atoms with Gasteiger partial charge in [0.2, 0.25) is 0 Å². The maximum absolute atomic E-state index is 10.8. The summed E-state index contributed by atoms with van der Waals surface area (Å²) in [6.45, 7) is 5.04. The van der Waals surface area contributed by atoms with E-state index in [4.69, 9.17) is 5.11 Å². The van der Waals surface area contributed by atoms with Crippen molar-refractivity contribution in [2.75, 3.05) is 5.75 Å². The number of thioether (sulfide) groups is 1. The number of unbranched alkanes of at least 4 members (excludes halogenated alkanes) is 1. The van der Waals surface area contributed by atoms with Crippen LogP contribution in [0.5, 0.6) is 0 Å². The molecule has 2 heterocycles. The molecule has 2 aromatic heterocycles. The largest absolute Gasteiger partial charge is 0.481 e. The molecular weight excluding hydrogens is 276 g/mol. The second kappa shape index (κ2) is 6.30. The Bertz CT molecular complexity index is 617. The number of aryl methyl sites for hydroxylation is 3. The van der Waals surface area contributed by atoms with E-state index in [0.29, 0.717) is 0 Å². The monoisotopic (exact) mass is 296 g/mol. The van der Waals surface area contributed by atoms with E-state index in [2.05, 4.69) is 28.5 Å². The quantitative estimate of drug-likeness (QED) is 0.794. The molecule has 0 unspecified atom stereocenters. The van der Waals surface area contributed by atoms with Crippen molar-refractivity contribution >= 4 is 28.9 Å². The molecular formula is C13H20N4O2S. The lowest BCUT2D eigenvalue weighted by atomic mass is 10.3. The normalized spacial score (nSPS) is 11.3. The van der Waals surface area contributed by atoms with E-state index in [9.17, 15) is 4.79 Å². The number of aromatic nitrogens is 4. The van der Waals surface area contributed by atoms with Crippen molar-refractivity contribution in [3.05, 3.63) is 5.69 Å². The minimum absolute atomic E-state index is 0.0321. The van der Waals surface area contributed by atoms with Gasteiger partial charge in [0.05, 0.1) is 11.4 Å². The summed E-state index contributed by atoms with van der Waals surface area (Å²) in [6.07, 6.45) is 2.95. The predicted octanol–water partition coefficient (Wildman–Crippen LogP) is 2.31. The standard InChI is InChI=1S/C13H20N4O2S/c1-4-6-7-17-12-11(9(5-2)15-16(12)3)14-13(17)20-8-10(18)19/h4-8H2,1-3H3,(H,18,19). The third-order valence-electron chi connectivity index (χ3n) is 3.15. The lowest BCUT2D eigenvalue weighted by molar-refractivity contribution is -0.133. The number of fused-ring (bicyclic) bond motifs is 1. The number of hydrogen-bond acceptors (Lipinski definition) is 4. The first-order valence-electron chi connectivity index (χ1n) is 6.85. The molecule has 0 amide bonds. The van der Waals surface area contributed by atoms with Crippen molar-refractivity contribution in [1.82, 2.24) is 19.3 Å². The topological polar surface area (TPSA) is 72.9 Å². The SMILES string of the molecule is CCCCn1c(SCC(=O)O)nc2c(CC)nn(C)c21. The van der Waals surface area contributed by atoms with Crippen LogP contribution in [-0.4, -0.2) is 36.2 Å². The Morgan fingerprint density at radius 2 is 2.15 bits per heavy atom. The Kier molecular flexibility index (Phi) is 4.69. The summed E-state index contributed by atoms with van der Waals surface area (Å²) in [5.41, 5.74) is 2.86. The van der Waals surface area contributed by atoms with E-state index in [0.717, 1.165) is 47.8 Å². The third-order valence-corrected chi connectivity index (χ3v) is 4.11. The molecule has 0 radical (unpaired) electrons. The molecule has 20 heavy (non-hydrogen) atoms. The summed E-state index contributed by atoms with van der Waals surface area (Å²) in [5, 5.41) is 14.1. The summed E-state index contributed by atoms with van der Waals surface area (Å²) in [7, 11) is 1.91. The van der Waals surface area contributed by atoms with Gasteiger partial charge in [0, 0.05) is 13.6 Å². The Hall–Kier alpha value is -1.50. The van der Waals surface area contributed by atoms with Gasteiger partial charge in [0.15, 0.2) is 10.8 Å². The minimum atomic E-state index is -0.821. The van der Waals surface area contributed by atoms with Crippen LogP contribution in [0.1, 0.15) is 32.4 Å². The number of nitrogens with zero attached hydrogens (tertiary/aromatic N) is 4. The van der Waals surface area contributed by atoms with Crippen molar-refractivity contribution in [3.63, 3.8) is 0 Å². The van der Waals surface area contributed by atoms with Gasteiger partial charge in [-0.25, -0.2) is 4.98 Å². The van der Waals surface area contributed by atoms with Gasteiger partial charge in [-0.3, -0.25) is 9.48 Å². The third kappa shape index (κ3) is 2.82. The molecule has 0 fully saturated rings. The van der Waals surface area contributed by atoms with Crippen molar-refractivity contribution in [2.45, 2.75) is 44.8 Å². The van der Waals surface area contributed by atoms with Gasteiger partial charge in [0.25, 0.3) is 0 Å². The minimum Gasteiger partial charge on any atom is -0.481 e. The summed E-state index contributed by atoms with van der Waals surface area (Å²) < 4.78 is 3.94. The Labute approximate surface area is 122 Å². The van der Waals surface area contributed by atoms with Gasteiger partial charge < -0.3 is 9.67 Å². The van der Waals surface area contributed by atoms with Crippen LogP contribution >= 0.6 is 11.8 Å². The first-order chi connectivity index (χ1) is 9.58. The fourth-order valence-electron chi connectivity index (χ4n) is 2.21. The number of carboxylic acids is 1. The zero-order valence-electron chi connectivity index (χ0n) is 12.1. The number of hydrogen-bond donors (Lipinski definition) is 1. The van der Waals surface area contributed by atoms with Crippen molar-refractivity contribution in [3.8, 4) is 0 Å². The highest BCUT2D eigenvalue weighted by atomic mass is 32.2. The molecule has 0 atom stereocenters. The van der Waals surface area contributed by atoms with E-state index in [1.807, 2.05) is 11.7 Å². The average molecular weight is 296 g/mol. The average Bonchev–Trinajstić information content (AvgIpc) is 2.92. The molecule has 2 rings (SSSR count). The van der Waals surface area contributed by atoms with Gasteiger partial charge in [-0.15, -0.1) is 0 Å². The molecule has 2 aromatic rings. The van der Waals surface area contributed by atoms with Gasteiger partial charge >= 0.3 is 5.97 Å². The summed E-state index contributed by atoms with van der Waals surface area (Å²) in [4.78, 5) is 15.4. The highest BCUT2D eigenvalue weighted by Gasteiger charge is 2.19. The van der Waals surface area contributed by atoms with Crippen LogP contribution in [0.25, 0.3) is 11.2 Å². The second-order valence-electron chi connectivity index (χ2n) is 4.68. The Morgan fingerprint density at radius 3 is 2.75 bits per heavy atom. The van der Waals surface area contributed by atoms with E-state index in [-0.39, 0.29) is 5.75 Å². The fourth-order valence-corrected chi connectivity index (χ4v) is 2.96. The molecule has 0 spiro atoms. The van der Waals surface area contributed by atoms with Crippen LogP contribution in [0.15, 0.2) is 5.16 Å². The molecule has 0 bridgehead atoms. The summed E-state index contributed by atoms with van der Waals surface area (Å²) >= 11 is 1.28. The zero-order chi connectivity index (χ0) is 14.7. The van der Waals surface area contributed by atoms with Crippen LogP contribution in [0.4, 0.5) is 0 Å². The molecule has 0 aliphatic carbocycles. The first kappa shape index (κ1) is 14.9. The van der Waals surface area contributed by atoms with E-state index < -0.39 is 5.97 Å². The van der Waals surface area contributed by atoms with E-state index >= 15 is 0 Å². The highest BCUT2D eigenvalue weighted by Crippen LogP contribution is 2.26. The molecule has 1 N–H and O–H groups in total. The van der Waals surface area contributed by atoms with Gasteiger partial charge in [-0.2, -0.15) is 5.10 Å². The molecule has 0 aliphatic heterocycles. The number of carboxylic acid groups (broad SMARTS) is 1. The molecule has 7 heteroatoms. The maximum atomic E-state index is 10.8.